The Labute approximate surface area is 116 Å². The number of nitrogens with zero attached hydrogens (tertiary/aromatic N) is 2. The minimum absolute atomic E-state index is 0.0818. The molecule has 0 aliphatic rings. The van der Waals surface area contributed by atoms with Crippen molar-refractivity contribution in [3.8, 4) is 0 Å². The first-order valence-electron chi connectivity index (χ1n) is 5.79. The van der Waals surface area contributed by atoms with Gasteiger partial charge in [0.25, 0.3) is 5.56 Å². The SMILES string of the molecule is CCCc1cc(=O)[nH]c(Sc2nc(F)c(F)cc2F)n1. The number of rotatable bonds is 4. The molecule has 0 amide bonds. The van der Waals surface area contributed by atoms with E-state index in [0.717, 1.165) is 6.42 Å². The van der Waals surface area contributed by atoms with Crippen molar-refractivity contribution in [2.75, 3.05) is 0 Å². The van der Waals surface area contributed by atoms with E-state index in [-0.39, 0.29) is 10.2 Å². The molecule has 2 heterocycles. The van der Waals surface area contributed by atoms with Crippen molar-refractivity contribution >= 4 is 11.8 Å². The van der Waals surface area contributed by atoms with Gasteiger partial charge >= 0.3 is 0 Å². The van der Waals surface area contributed by atoms with Gasteiger partial charge in [0, 0.05) is 17.8 Å². The average Bonchev–Trinajstić information content (AvgIpc) is 2.35. The van der Waals surface area contributed by atoms with Gasteiger partial charge in [0.1, 0.15) is 5.03 Å². The molecule has 0 aliphatic carbocycles. The van der Waals surface area contributed by atoms with Crippen molar-refractivity contribution < 1.29 is 13.2 Å². The summed E-state index contributed by atoms with van der Waals surface area (Å²) in [5, 5.41) is -0.306. The predicted octanol–water partition coefficient (Wildman–Crippen LogP) is 2.69. The normalized spacial score (nSPS) is 10.8. The van der Waals surface area contributed by atoms with E-state index in [1.807, 2.05) is 6.92 Å². The second-order valence-corrected chi connectivity index (χ2v) is 4.92. The highest BCUT2D eigenvalue weighted by Crippen LogP contribution is 2.25. The second kappa shape index (κ2) is 6.08. The zero-order chi connectivity index (χ0) is 14.7. The van der Waals surface area contributed by atoms with Gasteiger partial charge in [0.2, 0.25) is 5.95 Å². The van der Waals surface area contributed by atoms with E-state index in [2.05, 4.69) is 15.0 Å². The largest absolute Gasteiger partial charge is 0.301 e. The topological polar surface area (TPSA) is 58.6 Å². The van der Waals surface area contributed by atoms with Crippen LogP contribution in [0.4, 0.5) is 13.2 Å². The van der Waals surface area contributed by atoms with E-state index >= 15 is 0 Å². The highest BCUT2D eigenvalue weighted by Gasteiger charge is 2.14. The number of aryl methyl sites for hydroxylation is 1. The van der Waals surface area contributed by atoms with Gasteiger partial charge in [-0.25, -0.2) is 18.7 Å². The van der Waals surface area contributed by atoms with Crippen molar-refractivity contribution in [3.63, 3.8) is 0 Å². The molecule has 0 radical (unpaired) electrons. The van der Waals surface area contributed by atoms with Crippen LogP contribution in [-0.4, -0.2) is 15.0 Å². The van der Waals surface area contributed by atoms with Crippen molar-refractivity contribution in [1.82, 2.24) is 15.0 Å². The Balaban J connectivity index is 2.34. The third kappa shape index (κ3) is 3.38. The van der Waals surface area contributed by atoms with E-state index in [1.54, 1.807) is 0 Å². The van der Waals surface area contributed by atoms with Crippen LogP contribution >= 0.6 is 11.8 Å². The van der Waals surface area contributed by atoms with Crippen molar-refractivity contribution in [2.45, 2.75) is 29.9 Å². The van der Waals surface area contributed by atoms with E-state index in [0.29, 0.717) is 29.9 Å². The molecule has 106 valence electrons. The molecule has 2 rings (SSSR count). The number of pyridine rings is 1. The number of hydrogen-bond acceptors (Lipinski definition) is 4. The number of nitrogens with one attached hydrogen (secondary N) is 1. The summed E-state index contributed by atoms with van der Waals surface area (Å²) < 4.78 is 39.2. The first-order chi connectivity index (χ1) is 9.49. The lowest BCUT2D eigenvalue weighted by atomic mass is 10.2. The monoisotopic (exact) mass is 301 g/mol. The molecule has 8 heteroatoms. The van der Waals surface area contributed by atoms with Crippen molar-refractivity contribution in [1.29, 1.82) is 0 Å². The molecule has 0 aromatic carbocycles. The fourth-order valence-electron chi connectivity index (χ4n) is 1.51. The summed E-state index contributed by atoms with van der Waals surface area (Å²) in [5.41, 5.74) is 0.149. The van der Waals surface area contributed by atoms with Crippen LogP contribution in [0.3, 0.4) is 0 Å². The lowest BCUT2D eigenvalue weighted by Crippen LogP contribution is -2.10. The molecule has 2 aromatic rings. The maximum atomic E-state index is 13.5. The first-order valence-corrected chi connectivity index (χ1v) is 6.61. The number of aromatic nitrogens is 3. The lowest BCUT2D eigenvalue weighted by molar-refractivity contribution is 0.448. The first kappa shape index (κ1) is 14.6. The van der Waals surface area contributed by atoms with Crippen LogP contribution in [-0.2, 0) is 6.42 Å². The smallest absolute Gasteiger partial charge is 0.251 e. The van der Waals surface area contributed by atoms with Gasteiger partial charge in [0.15, 0.2) is 16.8 Å². The van der Waals surface area contributed by atoms with E-state index in [9.17, 15) is 18.0 Å². The third-order valence-corrected chi connectivity index (χ3v) is 3.19. The molecule has 4 nitrogen and oxygen atoms in total. The Morgan fingerprint density at radius 3 is 2.65 bits per heavy atom. The summed E-state index contributed by atoms with van der Waals surface area (Å²) >= 11 is 0.632. The molecule has 0 atom stereocenters. The average molecular weight is 301 g/mol. The van der Waals surface area contributed by atoms with Crippen molar-refractivity contribution in [2.24, 2.45) is 0 Å². The van der Waals surface area contributed by atoms with Gasteiger partial charge in [-0.2, -0.15) is 4.39 Å². The van der Waals surface area contributed by atoms with Gasteiger partial charge in [-0.1, -0.05) is 13.3 Å². The standard InChI is InChI=1S/C12H10F3N3OS/c1-2-3-6-4-9(19)17-12(16-6)20-11-8(14)5-7(13)10(15)18-11/h4-5H,2-3H2,1H3,(H,16,17,19). The van der Waals surface area contributed by atoms with Gasteiger partial charge in [-0.3, -0.25) is 4.79 Å². The molecule has 0 bridgehead atoms. The molecule has 1 N–H and O–H groups in total. The molecule has 2 aromatic heterocycles. The molecule has 0 saturated heterocycles. The molecule has 0 spiro atoms. The minimum Gasteiger partial charge on any atom is -0.301 e. The van der Waals surface area contributed by atoms with Crippen LogP contribution in [0.15, 0.2) is 27.1 Å². The van der Waals surface area contributed by atoms with E-state index in [4.69, 9.17) is 0 Å². The number of halogens is 3. The van der Waals surface area contributed by atoms with Crippen LogP contribution in [0.1, 0.15) is 19.0 Å². The second-order valence-electron chi connectivity index (χ2n) is 3.94. The highest BCUT2D eigenvalue weighted by molar-refractivity contribution is 7.99. The molecule has 0 fully saturated rings. The zero-order valence-corrected chi connectivity index (χ0v) is 11.2. The molecular formula is C12H10F3N3OS. The minimum atomic E-state index is -1.40. The Kier molecular flexibility index (Phi) is 4.43. The summed E-state index contributed by atoms with van der Waals surface area (Å²) in [5.74, 6) is -3.79. The van der Waals surface area contributed by atoms with Crippen LogP contribution < -0.4 is 5.56 Å². The summed E-state index contributed by atoms with van der Waals surface area (Å²) in [7, 11) is 0. The zero-order valence-electron chi connectivity index (χ0n) is 10.4. The summed E-state index contributed by atoms with van der Waals surface area (Å²) in [4.78, 5) is 21.1. The Bertz CT molecular complexity index is 690. The summed E-state index contributed by atoms with van der Waals surface area (Å²) in [6, 6.07) is 1.74. The van der Waals surface area contributed by atoms with Gasteiger partial charge in [-0.15, -0.1) is 0 Å². The number of H-pyrrole nitrogens is 1. The lowest BCUT2D eigenvalue weighted by Gasteiger charge is -2.04. The van der Waals surface area contributed by atoms with Crippen LogP contribution in [0, 0.1) is 17.6 Å². The fraction of sp³-hybridized carbons (Fsp3) is 0.250. The number of aromatic amines is 1. The van der Waals surface area contributed by atoms with Crippen molar-refractivity contribution in [3.05, 3.63) is 45.8 Å². The van der Waals surface area contributed by atoms with Gasteiger partial charge < -0.3 is 4.98 Å². The third-order valence-electron chi connectivity index (χ3n) is 2.33. The fourth-order valence-corrected chi connectivity index (χ4v) is 2.29. The highest BCUT2D eigenvalue weighted by atomic mass is 32.2. The molecule has 0 saturated carbocycles. The maximum Gasteiger partial charge on any atom is 0.251 e. The van der Waals surface area contributed by atoms with Crippen LogP contribution in [0.5, 0.6) is 0 Å². The maximum absolute atomic E-state index is 13.5. The molecule has 0 aliphatic heterocycles. The summed E-state index contributed by atoms with van der Waals surface area (Å²) in [6.07, 6.45) is 1.38. The van der Waals surface area contributed by atoms with Gasteiger partial charge in [-0.05, 0) is 18.2 Å². The Hall–Kier alpha value is -1.83. The molecule has 0 unspecified atom stereocenters. The Morgan fingerprint density at radius 1 is 1.20 bits per heavy atom. The molecule has 20 heavy (non-hydrogen) atoms. The quantitative estimate of drug-likeness (QED) is 0.697. The van der Waals surface area contributed by atoms with E-state index < -0.39 is 23.1 Å². The van der Waals surface area contributed by atoms with Crippen LogP contribution in [0.25, 0.3) is 0 Å². The van der Waals surface area contributed by atoms with Gasteiger partial charge in [0.05, 0.1) is 0 Å². The summed E-state index contributed by atoms with van der Waals surface area (Å²) in [6.45, 7) is 1.92. The predicted molar refractivity (Wildman–Crippen MR) is 67.1 cm³/mol. The van der Waals surface area contributed by atoms with E-state index in [1.165, 1.54) is 6.07 Å². The number of hydrogen-bond donors (Lipinski definition) is 1. The Morgan fingerprint density at radius 2 is 1.95 bits per heavy atom. The molecular weight excluding hydrogens is 291 g/mol. The van der Waals surface area contributed by atoms with Crippen LogP contribution in [0.2, 0.25) is 0 Å².